The Hall–Kier alpha value is -0.630. The van der Waals surface area contributed by atoms with Crippen molar-refractivity contribution in [3.8, 4) is 0 Å². The first-order chi connectivity index (χ1) is 9.89. The van der Waals surface area contributed by atoms with E-state index in [4.69, 9.17) is 11.6 Å². The summed E-state index contributed by atoms with van der Waals surface area (Å²) in [6.07, 6.45) is 7.26. The van der Waals surface area contributed by atoms with Crippen LogP contribution in [0.4, 0.5) is 8.78 Å². The Kier molecular flexibility index (Phi) is 2.96. The first kappa shape index (κ1) is 14.0. The zero-order valence-corrected chi connectivity index (χ0v) is 13.1. The minimum atomic E-state index is -0.530. The summed E-state index contributed by atoms with van der Waals surface area (Å²) in [7, 11) is 0. The molecule has 21 heavy (non-hydrogen) atoms. The summed E-state index contributed by atoms with van der Waals surface area (Å²) >= 11 is 6.78. The minimum Gasteiger partial charge on any atom is -0.207 e. The smallest absolute Gasteiger partial charge is 0.130 e. The topological polar surface area (TPSA) is 0 Å². The van der Waals surface area contributed by atoms with Gasteiger partial charge in [0, 0.05) is 11.6 Å². The molecule has 3 unspecified atom stereocenters. The number of hydrogen-bond acceptors (Lipinski definition) is 0. The van der Waals surface area contributed by atoms with Crippen LogP contribution in [-0.4, -0.2) is 0 Å². The van der Waals surface area contributed by atoms with Crippen LogP contribution in [0.1, 0.15) is 56.4 Å². The second kappa shape index (κ2) is 4.44. The van der Waals surface area contributed by atoms with E-state index in [2.05, 4.69) is 6.92 Å². The molecule has 0 amide bonds. The molecule has 0 spiro atoms. The zero-order chi connectivity index (χ0) is 14.8. The average Bonchev–Trinajstić information content (AvgIpc) is 2.35. The second-order valence-corrected chi connectivity index (χ2v) is 8.60. The lowest BCUT2D eigenvalue weighted by Crippen LogP contribution is -2.52. The summed E-state index contributed by atoms with van der Waals surface area (Å²) in [5.41, 5.74) is 0.885. The van der Waals surface area contributed by atoms with E-state index in [1.54, 1.807) is 6.07 Å². The molecule has 0 heterocycles. The SMILES string of the molecule is CC12CC3CC(C1)CC(C(Cl)c1ccc(F)cc1F)(C3)C2. The summed E-state index contributed by atoms with van der Waals surface area (Å²) in [5.74, 6) is 0.482. The molecule has 4 saturated carbocycles. The summed E-state index contributed by atoms with van der Waals surface area (Å²) in [4.78, 5) is 0. The van der Waals surface area contributed by atoms with Crippen molar-refractivity contribution in [2.45, 2.75) is 50.8 Å². The molecular weight excluding hydrogens is 290 g/mol. The molecule has 0 N–H and O–H groups in total. The number of halogens is 3. The van der Waals surface area contributed by atoms with E-state index < -0.39 is 11.6 Å². The highest BCUT2D eigenvalue weighted by Crippen LogP contribution is 2.69. The molecule has 0 saturated heterocycles. The van der Waals surface area contributed by atoms with E-state index in [9.17, 15) is 8.78 Å². The Balaban J connectivity index is 1.72. The van der Waals surface area contributed by atoms with Crippen LogP contribution in [-0.2, 0) is 0 Å². The van der Waals surface area contributed by atoms with Gasteiger partial charge in [0.2, 0.25) is 0 Å². The van der Waals surface area contributed by atoms with Gasteiger partial charge < -0.3 is 0 Å². The van der Waals surface area contributed by atoms with Crippen molar-refractivity contribution in [2.75, 3.05) is 0 Å². The number of hydrogen-bond donors (Lipinski definition) is 0. The molecule has 4 fully saturated rings. The summed E-state index contributed by atoms with van der Waals surface area (Å²) in [5, 5.41) is -0.330. The van der Waals surface area contributed by atoms with Crippen molar-refractivity contribution >= 4 is 11.6 Å². The largest absolute Gasteiger partial charge is 0.207 e. The highest BCUT2D eigenvalue weighted by Gasteiger charge is 2.58. The lowest BCUT2D eigenvalue weighted by atomic mass is 9.43. The van der Waals surface area contributed by atoms with Gasteiger partial charge in [-0.1, -0.05) is 13.0 Å². The van der Waals surface area contributed by atoms with Crippen molar-refractivity contribution < 1.29 is 8.78 Å². The second-order valence-electron chi connectivity index (χ2n) is 8.16. The van der Waals surface area contributed by atoms with E-state index in [1.807, 2.05) is 0 Å². The van der Waals surface area contributed by atoms with Crippen LogP contribution in [0.2, 0.25) is 0 Å². The number of benzene rings is 1. The molecule has 1 aromatic rings. The van der Waals surface area contributed by atoms with Gasteiger partial charge in [0.25, 0.3) is 0 Å². The van der Waals surface area contributed by atoms with Gasteiger partial charge in [-0.3, -0.25) is 0 Å². The lowest BCUT2D eigenvalue weighted by Gasteiger charge is -2.62. The van der Waals surface area contributed by atoms with Gasteiger partial charge >= 0.3 is 0 Å². The first-order valence-electron chi connectivity index (χ1n) is 7.98. The predicted molar refractivity (Wildman–Crippen MR) is 80.2 cm³/mol. The Morgan fingerprint density at radius 2 is 1.81 bits per heavy atom. The van der Waals surface area contributed by atoms with Crippen LogP contribution in [0.5, 0.6) is 0 Å². The van der Waals surface area contributed by atoms with Gasteiger partial charge in [-0.25, -0.2) is 8.78 Å². The molecule has 3 heteroatoms. The molecule has 0 radical (unpaired) electrons. The van der Waals surface area contributed by atoms with Crippen LogP contribution < -0.4 is 0 Å². The van der Waals surface area contributed by atoms with Crippen molar-refractivity contribution in [3.05, 3.63) is 35.4 Å². The van der Waals surface area contributed by atoms with Crippen molar-refractivity contribution in [3.63, 3.8) is 0 Å². The summed E-state index contributed by atoms with van der Waals surface area (Å²) in [6, 6.07) is 3.84. The van der Waals surface area contributed by atoms with Crippen LogP contribution in [0, 0.1) is 34.3 Å². The molecule has 114 valence electrons. The molecule has 5 rings (SSSR count). The fourth-order valence-corrected chi connectivity index (χ4v) is 6.56. The maximum Gasteiger partial charge on any atom is 0.130 e. The van der Waals surface area contributed by atoms with E-state index >= 15 is 0 Å². The van der Waals surface area contributed by atoms with Crippen LogP contribution >= 0.6 is 11.6 Å². The number of rotatable bonds is 2. The van der Waals surface area contributed by atoms with Gasteiger partial charge in [0.15, 0.2) is 0 Å². The Labute approximate surface area is 129 Å². The molecule has 4 aliphatic rings. The van der Waals surface area contributed by atoms with Gasteiger partial charge in [-0.2, -0.15) is 0 Å². The standard InChI is InChI=1S/C18H21ClF2/c1-17-6-11-4-12(7-17)9-18(8-11,10-17)16(19)14-3-2-13(20)5-15(14)21/h2-3,5,11-12,16H,4,6-10H2,1H3. The molecule has 0 aliphatic heterocycles. The Morgan fingerprint density at radius 3 is 2.38 bits per heavy atom. The van der Waals surface area contributed by atoms with Gasteiger partial charge in [0.05, 0.1) is 5.38 Å². The van der Waals surface area contributed by atoms with Gasteiger partial charge in [0.1, 0.15) is 11.6 Å². The van der Waals surface area contributed by atoms with Crippen LogP contribution in [0.3, 0.4) is 0 Å². The summed E-state index contributed by atoms with van der Waals surface area (Å²) in [6.45, 7) is 2.38. The van der Waals surface area contributed by atoms with Crippen LogP contribution in [0.25, 0.3) is 0 Å². The third-order valence-corrected chi connectivity index (χ3v) is 6.87. The average molecular weight is 311 g/mol. The van der Waals surface area contributed by atoms with Crippen LogP contribution in [0.15, 0.2) is 18.2 Å². The lowest BCUT2D eigenvalue weighted by molar-refractivity contribution is -0.104. The predicted octanol–water partition coefficient (Wildman–Crippen LogP) is 5.85. The maximum absolute atomic E-state index is 14.2. The van der Waals surface area contributed by atoms with E-state index in [0.29, 0.717) is 11.0 Å². The van der Waals surface area contributed by atoms with E-state index in [1.165, 1.54) is 25.3 Å². The Bertz CT molecular complexity index is 569. The monoisotopic (exact) mass is 310 g/mol. The zero-order valence-electron chi connectivity index (χ0n) is 12.3. The molecule has 3 atom stereocenters. The number of alkyl halides is 1. The molecule has 0 aromatic heterocycles. The fraction of sp³-hybridized carbons (Fsp3) is 0.667. The third-order valence-electron chi connectivity index (χ3n) is 6.17. The Morgan fingerprint density at radius 1 is 1.14 bits per heavy atom. The normalized spacial score (nSPS) is 42.3. The summed E-state index contributed by atoms with van der Waals surface area (Å²) < 4.78 is 27.3. The van der Waals surface area contributed by atoms with Gasteiger partial charge in [-0.05, 0) is 67.3 Å². The quantitative estimate of drug-likeness (QED) is 0.601. The maximum atomic E-state index is 14.2. The molecule has 4 aliphatic carbocycles. The van der Waals surface area contributed by atoms with Crippen molar-refractivity contribution in [1.82, 2.24) is 0 Å². The van der Waals surface area contributed by atoms with Crippen molar-refractivity contribution in [1.29, 1.82) is 0 Å². The highest BCUT2D eigenvalue weighted by atomic mass is 35.5. The van der Waals surface area contributed by atoms with E-state index in [-0.39, 0.29) is 10.8 Å². The molecule has 0 nitrogen and oxygen atoms in total. The fourth-order valence-electron chi connectivity index (χ4n) is 6.13. The third kappa shape index (κ3) is 2.13. The molecule has 4 bridgehead atoms. The highest BCUT2D eigenvalue weighted by molar-refractivity contribution is 6.21. The van der Waals surface area contributed by atoms with Gasteiger partial charge in [-0.15, -0.1) is 11.6 Å². The minimum absolute atomic E-state index is 0.0130. The van der Waals surface area contributed by atoms with Crippen molar-refractivity contribution in [2.24, 2.45) is 22.7 Å². The first-order valence-corrected chi connectivity index (χ1v) is 8.42. The van der Waals surface area contributed by atoms with E-state index in [0.717, 1.165) is 37.2 Å². The molecule has 1 aromatic carbocycles. The molecular formula is C18H21ClF2.